The van der Waals surface area contributed by atoms with E-state index in [1.165, 1.54) is 4.80 Å². The molecule has 0 fully saturated rings. The van der Waals surface area contributed by atoms with Crippen LogP contribution in [0.5, 0.6) is 0 Å². The molecule has 0 spiro atoms. The third-order valence-electron chi connectivity index (χ3n) is 3.08. The number of aryl methyl sites for hydroxylation is 2. The third kappa shape index (κ3) is 2.40. The second kappa shape index (κ2) is 4.86. The zero-order chi connectivity index (χ0) is 15.0. The summed E-state index contributed by atoms with van der Waals surface area (Å²) < 4.78 is 1.55. The minimum atomic E-state index is -1.04. The summed E-state index contributed by atoms with van der Waals surface area (Å²) in [5.74, 6) is -1.04. The van der Waals surface area contributed by atoms with E-state index in [4.69, 9.17) is 5.11 Å². The summed E-state index contributed by atoms with van der Waals surface area (Å²) in [6, 6.07) is 9.09. The highest BCUT2D eigenvalue weighted by atomic mass is 16.4. The predicted octanol–water partition coefficient (Wildman–Crippen LogP) is 1.67. The van der Waals surface area contributed by atoms with Crippen LogP contribution in [0, 0.1) is 6.92 Å². The molecule has 0 radical (unpaired) electrons. The minimum absolute atomic E-state index is 0.0194. The highest BCUT2D eigenvalue weighted by Crippen LogP contribution is 2.22. The summed E-state index contributed by atoms with van der Waals surface area (Å²) in [6.07, 6.45) is 1.68. The summed E-state index contributed by atoms with van der Waals surface area (Å²) in [5.41, 5.74) is 3.22. The van der Waals surface area contributed by atoms with Gasteiger partial charge < -0.3 is 5.11 Å². The van der Waals surface area contributed by atoms with Crippen LogP contribution < -0.4 is 0 Å². The number of nitrogens with zero attached hydrogens (tertiary/aromatic N) is 5. The molecular formula is C14H13N5O2. The van der Waals surface area contributed by atoms with Crippen molar-refractivity contribution in [2.75, 3.05) is 0 Å². The van der Waals surface area contributed by atoms with Crippen LogP contribution in [-0.4, -0.2) is 35.9 Å². The smallest absolute Gasteiger partial charge is 0.356 e. The molecule has 0 saturated carbocycles. The normalized spacial score (nSPS) is 10.8. The van der Waals surface area contributed by atoms with E-state index < -0.39 is 5.97 Å². The van der Waals surface area contributed by atoms with Crippen molar-refractivity contribution >= 4 is 5.97 Å². The quantitative estimate of drug-likeness (QED) is 0.790. The predicted molar refractivity (Wildman–Crippen MR) is 75.3 cm³/mol. The summed E-state index contributed by atoms with van der Waals surface area (Å²) in [6.45, 7) is 1.87. The second-order valence-electron chi connectivity index (χ2n) is 4.67. The largest absolute Gasteiger partial charge is 0.476 e. The summed E-state index contributed by atoms with van der Waals surface area (Å²) in [4.78, 5) is 12.5. The molecule has 0 aliphatic carbocycles. The number of carbonyl (C=O) groups is 1. The van der Waals surface area contributed by atoms with Crippen LogP contribution in [-0.2, 0) is 7.05 Å². The van der Waals surface area contributed by atoms with Crippen molar-refractivity contribution in [3.63, 3.8) is 0 Å². The first-order chi connectivity index (χ1) is 10.0. The van der Waals surface area contributed by atoms with Crippen molar-refractivity contribution in [2.24, 2.45) is 7.05 Å². The maximum atomic E-state index is 11.0. The van der Waals surface area contributed by atoms with E-state index in [1.54, 1.807) is 24.0 Å². The second-order valence-corrected chi connectivity index (χ2v) is 4.67. The first-order valence-electron chi connectivity index (χ1n) is 6.31. The van der Waals surface area contributed by atoms with Crippen LogP contribution in [0.25, 0.3) is 16.9 Å². The van der Waals surface area contributed by atoms with Gasteiger partial charge in [-0.1, -0.05) is 12.1 Å². The fraction of sp³-hybridized carbons (Fsp3) is 0.143. The first-order valence-corrected chi connectivity index (χ1v) is 6.31. The zero-order valence-corrected chi connectivity index (χ0v) is 11.6. The Hall–Kier alpha value is -2.96. The Labute approximate surface area is 120 Å². The lowest BCUT2D eigenvalue weighted by Gasteiger charge is -2.04. The van der Waals surface area contributed by atoms with Crippen LogP contribution >= 0.6 is 0 Å². The Morgan fingerprint density at radius 3 is 2.67 bits per heavy atom. The van der Waals surface area contributed by atoms with E-state index in [9.17, 15) is 4.79 Å². The maximum absolute atomic E-state index is 11.0. The summed E-state index contributed by atoms with van der Waals surface area (Å²) in [7, 11) is 1.71. The topological polar surface area (TPSA) is 85.8 Å². The molecule has 1 aromatic carbocycles. The highest BCUT2D eigenvalue weighted by molar-refractivity contribution is 5.87. The number of hydrogen-bond acceptors (Lipinski definition) is 4. The van der Waals surface area contributed by atoms with Gasteiger partial charge in [0.2, 0.25) is 0 Å². The van der Waals surface area contributed by atoms with Crippen molar-refractivity contribution in [1.29, 1.82) is 0 Å². The molecule has 0 amide bonds. The molecule has 21 heavy (non-hydrogen) atoms. The Morgan fingerprint density at radius 1 is 1.24 bits per heavy atom. The van der Waals surface area contributed by atoms with E-state index in [2.05, 4.69) is 15.3 Å². The molecule has 0 aliphatic rings. The van der Waals surface area contributed by atoms with Gasteiger partial charge in [-0.25, -0.2) is 4.79 Å². The summed E-state index contributed by atoms with van der Waals surface area (Å²) >= 11 is 0. The van der Waals surface area contributed by atoms with Gasteiger partial charge in [0.15, 0.2) is 5.69 Å². The van der Waals surface area contributed by atoms with Crippen molar-refractivity contribution in [1.82, 2.24) is 24.8 Å². The van der Waals surface area contributed by atoms with Gasteiger partial charge in [-0.05, 0) is 25.1 Å². The van der Waals surface area contributed by atoms with Gasteiger partial charge in [0, 0.05) is 12.6 Å². The fourth-order valence-corrected chi connectivity index (χ4v) is 2.10. The molecule has 1 N–H and O–H groups in total. The molecule has 0 saturated heterocycles. The number of aromatic nitrogens is 5. The summed E-state index contributed by atoms with van der Waals surface area (Å²) in [5, 5.41) is 21.4. The molecule has 0 atom stereocenters. The Balaban J connectivity index is 2.06. The number of carboxylic acid groups (broad SMARTS) is 1. The third-order valence-corrected chi connectivity index (χ3v) is 3.08. The number of rotatable bonds is 3. The van der Waals surface area contributed by atoms with Crippen LogP contribution in [0.1, 0.15) is 16.2 Å². The van der Waals surface area contributed by atoms with Gasteiger partial charge in [0.25, 0.3) is 0 Å². The number of carboxylic acids is 1. The minimum Gasteiger partial charge on any atom is -0.476 e. The van der Waals surface area contributed by atoms with E-state index in [0.29, 0.717) is 0 Å². The molecule has 106 valence electrons. The molecular weight excluding hydrogens is 270 g/mol. The van der Waals surface area contributed by atoms with Crippen molar-refractivity contribution < 1.29 is 9.90 Å². The van der Waals surface area contributed by atoms with Crippen molar-refractivity contribution in [2.45, 2.75) is 6.92 Å². The van der Waals surface area contributed by atoms with Crippen molar-refractivity contribution in [3.8, 4) is 16.9 Å². The monoisotopic (exact) mass is 283 g/mol. The lowest BCUT2D eigenvalue weighted by Crippen LogP contribution is -2.00. The van der Waals surface area contributed by atoms with Crippen LogP contribution in [0.4, 0.5) is 0 Å². The molecule has 0 unspecified atom stereocenters. The van der Waals surface area contributed by atoms with Gasteiger partial charge in [0.1, 0.15) is 0 Å². The molecule has 0 aliphatic heterocycles. The Bertz CT molecular complexity index is 818. The molecule has 7 nitrogen and oxygen atoms in total. The number of benzene rings is 1. The maximum Gasteiger partial charge on any atom is 0.356 e. The Morgan fingerprint density at radius 2 is 2.05 bits per heavy atom. The van der Waals surface area contributed by atoms with Crippen LogP contribution in [0.15, 0.2) is 36.5 Å². The molecule has 3 rings (SSSR count). The molecule has 2 aromatic heterocycles. The van der Waals surface area contributed by atoms with Gasteiger partial charge in [-0.15, -0.1) is 0 Å². The average molecular weight is 283 g/mol. The van der Waals surface area contributed by atoms with E-state index in [-0.39, 0.29) is 5.69 Å². The lowest BCUT2D eigenvalue weighted by atomic mass is 10.1. The zero-order valence-electron chi connectivity index (χ0n) is 11.6. The van der Waals surface area contributed by atoms with Gasteiger partial charge in [-0.2, -0.15) is 20.1 Å². The molecule has 2 heterocycles. The molecule has 3 aromatic rings. The van der Waals surface area contributed by atoms with Gasteiger partial charge >= 0.3 is 5.97 Å². The molecule has 7 heteroatoms. The van der Waals surface area contributed by atoms with Gasteiger partial charge in [0.05, 0.1) is 23.3 Å². The van der Waals surface area contributed by atoms with Crippen molar-refractivity contribution in [3.05, 3.63) is 47.9 Å². The SMILES string of the molecule is Cc1cnn(-c2cccc(-c3cc(C(=O)O)nn3C)c2)n1. The standard InChI is InChI=1S/C14H13N5O2/c1-9-8-15-19(16-9)11-5-3-4-10(6-11)13-7-12(14(20)21)17-18(13)2/h3-8H,1-2H3,(H,20,21). The lowest BCUT2D eigenvalue weighted by molar-refractivity contribution is 0.0689. The van der Waals surface area contributed by atoms with Crippen LogP contribution in [0.3, 0.4) is 0 Å². The van der Waals surface area contributed by atoms with E-state index in [1.807, 2.05) is 31.2 Å². The van der Waals surface area contributed by atoms with Crippen LogP contribution in [0.2, 0.25) is 0 Å². The first kappa shape index (κ1) is 13.0. The number of hydrogen-bond donors (Lipinski definition) is 1. The average Bonchev–Trinajstić information content (AvgIpc) is 3.05. The fourth-order valence-electron chi connectivity index (χ4n) is 2.10. The van der Waals surface area contributed by atoms with Gasteiger partial charge in [-0.3, -0.25) is 4.68 Å². The van der Waals surface area contributed by atoms with E-state index >= 15 is 0 Å². The number of aromatic carboxylic acids is 1. The van der Waals surface area contributed by atoms with E-state index in [0.717, 1.165) is 22.6 Å². The highest BCUT2D eigenvalue weighted by Gasteiger charge is 2.13. The molecule has 0 bridgehead atoms. The Kier molecular flexibility index (Phi) is 3.02.